The molecular weight excluding hydrogens is 264 g/mol. The number of rotatable bonds is 0. The van der Waals surface area contributed by atoms with Gasteiger partial charge in [-0.3, -0.25) is 0 Å². The highest BCUT2D eigenvalue weighted by Crippen LogP contribution is 2.26. The van der Waals surface area contributed by atoms with Crippen LogP contribution in [0.3, 0.4) is 0 Å². The molecule has 0 atom stereocenters. The van der Waals surface area contributed by atoms with E-state index in [0.717, 1.165) is 5.92 Å². The van der Waals surface area contributed by atoms with E-state index in [1.165, 1.54) is 128 Å². The maximum Gasteiger partial charge on any atom is -0.0443 e. The van der Waals surface area contributed by atoms with Gasteiger partial charge in [0.1, 0.15) is 0 Å². The van der Waals surface area contributed by atoms with Crippen LogP contribution in [0.15, 0.2) is 0 Å². The van der Waals surface area contributed by atoms with Gasteiger partial charge in [-0.25, -0.2) is 0 Å². The Balaban J connectivity index is 0.000000140. The molecule has 0 saturated heterocycles. The summed E-state index contributed by atoms with van der Waals surface area (Å²) in [5.41, 5.74) is 0. The Labute approximate surface area is 141 Å². The first-order valence-corrected chi connectivity index (χ1v) is 10.9. The van der Waals surface area contributed by atoms with Gasteiger partial charge in [0.25, 0.3) is 0 Å². The zero-order valence-electron chi connectivity index (χ0n) is 15.7. The van der Waals surface area contributed by atoms with Gasteiger partial charge in [-0.2, -0.15) is 0 Å². The average molecular weight is 309 g/mol. The molecule has 0 heterocycles. The summed E-state index contributed by atoms with van der Waals surface area (Å²) in [6.45, 7) is 2.28. The molecule has 0 amide bonds. The third kappa shape index (κ3) is 20.0. The van der Waals surface area contributed by atoms with Gasteiger partial charge in [-0.05, 0) is 5.92 Å². The Bertz CT molecular complexity index is 164. The maximum atomic E-state index is 2.28. The fraction of sp³-hybridized carbons (Fsp3) is 1.00. The molecule has 5 aliphatic carbocycles. The first-order valence-electron chi connectivity index (χ1n) is 10.9. The van der Waals surface area contributed by atoms with E-state index < -0.39 is 0 Å². The van der Waals surface area contributed by atoms with Crippen LogP contribution in [0.2, 0.25) is 0 Å². The van der Waals surface area contributed by atoms with Crippen molar-refractivity contribution in [1.82, 2.24) is 0 Å². The molecule has 0 nitrogen and oxygen atoms in total. The SMILES string of the molecule is C1CC1.C1CCC1.C1CCCC1.C1CCCCC1.CC1CC1. The van der Waals surface area contributed by atoms with Crippen molar-refractivity contribution in [3.63, 3.8) is 0 Å². The summed E-state index contributed by atoms with van der Waals surface area (Å²) in [4.78, 5) is 0. The zero-order valence-corrected chi connectivity index (χ0v) is 15.7. The van der Waals surface area contributed by atoms with Gasteiger partial charge < -0.3 is 0 Å². The molecule has 0 bridgehead atoms. The lowest BCUT2D eigenvalue weighted by atomic mass is 10.0. The molecule has 0 spiro atoms. The molecule has 0 unspecified atom stereocenters. The van der Waals surface area contributed by atoms with E-state index in [9.17, 15) is 0 Å². The minimum Gasteiger partial charge on any atom is -0.0625 e. The zero-order chi connectivity index (χ0) is 15.7. The van der Waals surface area contributed by atoms with E-state index in [1.54, 1.807) is 0 Å². The highest BCUT2D eigenvalue weighted by molar-refractivity contribution is 4.65. The first kappa shape index (κ1) is 20.0. The van der Waals surface area contributed by atoms with Crippen LogP contribution in [0.4, 0.5) is 0 Å². The van der Waals surface area contributed by atoms with E-state index >= 15 is 0 Å². The Morgan fingerprint density at radius 1 is 0.318 bits per heavy atom. The molecular formula is C22H44. The molecule has 5 aliphatic rings. The van der Waals surface area contributed by atoms with Crippen LogP contribution in [0, 0.1) is 5.92 Å². The topological polar surface area (TPSA) is 0 Å². The summed E-state index contributed by atoms with van der Waals surface area (Å²) in [6, 6.07) is 0. The molecule has 0 aromatic rings. The molecule has 5 fully saturated rings. The van der Waals surface area contributed by atoms with Crippen molar-refractivity contribution in [2.75, 3.05) is 0 Å². The lowest BCUT2D eigenvalue weighted by Gasteiger charge is -2.05. The van der Waals surface area contributed by atoms with Gasteiger partial charge in [0, 0.05) is 0 Å². The molecule has 132 valence electrons. The van der Waals surface area contributed by atoms with Gasteiger partial charge in [-0.15, -0.1) is 0 Å². The molecule has 0 radical (unpaired) electrons. The Hall–Kier alpha value is 0. The van der Waals surface area contributed by atoms with Crippen molar-refractivity contribution in [2.24, 2.45) is 5.92 Å². The minimum atomic E-state index is 1.08. The lowest BCUT2D eigenvalue weighted by molar-refractivity contribution is 0.504. The van der Waals surface area contributed by atoms with Crippen LogP contribution in [-0.2, 0) is 0 Å². The molecule has 0 aliphatic heterocycles. The highest BCUT2D eigenvalue weighted by atomic mass is 14.2. The highest BCUT2D eigenvalue weighted by Gasteiger charge is 2.12. The maximum absolute atomic E-state index is 2.28. The van der Waals surface area contributed by atoms with E-state index in [0.29, 0.717) is 0 Å². The summed E-state index contributed by atoms with van der Waals surface area (Å²) < 4.78 is 0. The van der Waals surface area contributed by atoms with Crippen molar-refractivity contribution in [1.29, 1.82) is 0 Å². The Morgan fingerprint density at radius 2 is 0.409 bits per heavy atom. The summed E-state index contributed by atoms with van der Waals surface area (Å²) in [5, 5.41) is 0. The third-order valence-corrected chi connectivity index (χ3v) is 4.97. The molecule has 0 N–H and O–H groups in total. The standard InChI is InChI=1S/C6H12.C5H10.2C4H8.C3H6/c1-2-4-6-5-3-1;1-2-4-5-3-1;1-4-2-3-4;1-2-4-3-1;1-2-3-1/h1-6H2;1-5H2;4H,2-3H2,1H3;1-4H2;1-3H2. The monoisotopic (exact) mass is 308 g/mol. The van der Waals surface area contributed by atoms with Crippen LogP contribution >= 0.6 is 0 Å². The molecule has 0 aromatic heterocycles. The predicted molar refractivity (Wildman–Crippen MR) is 102 cm³/mol. The number of hydrogen-bond donors (Lipinski definition) is 0. The molecule has 0 aromatic carbocycles. The summed E-state index contributed by atoms with van der Waals surface area (Å²) >= 11 is 0. The summed E-state index contributed by atoms with van der Waals surface area (Å²) in [5.74, 6) is 1.08. The van der Waals surface area contributed by atoms with E-state index in [1.807, 2.05) is 0 Å². The van der Waals surface area contributed by atoms with Gasteiger partial charge in [0.2, 0.25) is 0 Å². The van der Waals surface area contributed by atoms with Gasteiger partial charge in [0.05, 0.1) is 0 Å². The number of hydrogen-bond acceptors (Lipinski definition) is 0. The molecule has 5 rings (SSSR count). The van der Waals surface area contributed by atoms with Crippen molar-refractivity contribution in [3.8, 4) is 0 Å². The molecule has 22 heavy (non-hydrogen) atoms. The summed E-state index contributed by atoms with van der Waals surface area (Å²) in [7, 11) is 0. The molecule has 0 heteroatoms. The van der Waals surface area contributed by atoms with Crippen LogP contribution in [-0.4, -0.2) is 0 Å². The van der Waals surface area contributed by atoms with Crippen LogP contribution in [0.25, 0.3) is 0 Å². The van der Waals surface area contributed by atoms with Crippen molar-refractivity contribution in [3.05, 3.63) is 0 Å². The van der Waals surface area contributed by atoms with Gasteiger partial charge in [0.15, 0.2) is 0 Å². The van der Waals surface area contributed by atoms with Crippen LogP contribution in [0.5, 0.6) is 0 Å². The smallest absolute Gasteiger partial charge is 0.0443 e. The van der Waals surface area contributed by atoms with Crippen molar-refractivity contribution < 1.29 is 0 Å². The molecule has 5 saturated carbocycles. The van der Waals surface area contributed by atoms with Gasteiger partial charge in [-0.1, -0.05) is 135 Å². The summed E-state index contributed by atoms with van der Waals surface area (Å²) in [6.07, 6.45) is 30.0. The van der Waals surface area contributed by atoms with Crippen LogP contribution < -0.4 is 0 Å². The van der Waals surface area contributed by atoms with Crippen LogP contribution in [0.1, 0.15) is 135 Å². The van der Waals surface area contributed by atoms with Crippen molar-refractivity contribution in [2.45, 2.75) is 135 Å². The average Bonchev–Trinajstić information content (AvgIpc) is 3.45. The minimum absolute atomic E-state index is 1.08. The van der Waals surface area contributed by atoms with E-state index in [-0.39, 0.29) is 0 Å². The second kappa shape index (κ2) is 15.9. The second-order valence-corrected chi connectivity index (χ2v) is 8.05. The van der Waals surface area contributed by atoms with E-state index in [4.69, 9.17) is 0 Å². The van der Waals surface area contributed by atoms with Gasteiger partial charge >= 0.3 is 0 Å². The normalized spacial score (nSPS) is 24.4. The largest absolute Gasteiger partial charge is 0.0625 e. The second-order valence-electron chi connectivity index (χ2n) is 8.05. The first-order chi connectivity index (χ1) is 10.9. The Kier molecular flexibility index (Phi) is 14.5. The quantitative estimate of drug-likeness (QED) is 0.421. The third-order valence-electron chi connectivity index (χ3n) is 4.97. The van der Waals surface area contributed by atoms with E-state index in [2.05, 4.69) is 6.92 Å². The Morgan fingerprint density at radius 3 is 0.455 bits per heavy atom. The lowest BCUT2D eigenvalue weighted by Crippen LogP contribution is -1.85. The fourth-order valence-electron chi connectivity index (χ4n) is 2.36. The predicted octanol–water partition coefficient (Wildman–Crippen LogP) is 8.44. The van der Waals surface area contributed by atoms with Crippen molar-refractivity contribution >= 4 is 0 Å². The fourth-order valence-corrected chi connectivity index (χ4v) is 2.36.